The maximum Gasteiger partial charge on any atom is 0.274 e. The topological polar surface area (TPSA) is 72.2 Å². The van der Waals surface area contributed by atoms with E-state index in [0.717, 1.165) is 16.0 Å². The van der Waals surface area contributed by atoms with Gasteiger partial charge in [0.2, 0.25) is 0 Å². The van der Waals surface area contributed by atoms with Gasteiger partial charge in [0.25, 0.3) is 11.6 Å². The molecule has 0 aliphatic heterocycles. The predicted molar refractivity (Wildman–Crippen MR) is 100 cm³/mol. The molecule has 0 saturated carbocycles. The van der Waals surface area contributed by atoms with Gasteiger partial charge in [0, 0.05) is 21.9 Å². The van der Waals surface area contributed by atoms with E-state index in [1.807, 2.05) is 42.6 Å². The predicted octanol–water partition coefficient (Wildman–Crippen LogP) is 5.19. The fraction of sp³-hybridized carbons (Fsp3) is 0.105. The van der Waals surface area contributed by atoms with Crippen molar-refractivity contribution in [2.75, 3.05) is 5.32 Å². The van der Waals surface area contributed by atoms with Crippen LogP contribution in [0.2, 0.25) is 0 Å². The summed E-state index contributed by atoms with van der Waals surface area (Å²) in [4.78, 5) is 24.4. The van der Waals surface area contributed by atoms with Crippen molar-refractivity contribution in [3.8, 4) is 11.1 Å². The molecule has 0 aliphatic carbocycles. The van der Waals surface area contributed by atoms with E-state index in [1.165, 1.54) is 17.4 Å². The van der Waals surface area contributed by atoms with Crippen LogP contribution in [0.4, 0.5) is 11.4 Å². The Morgan fingerprint density at radius 2 is 1.80 bits per heavy atom. The van der Waals surface area contributed by atoms with Gasteiger partial charge in [-0.2, -0.15) is 0 Å². The largest absolute Gasteiger partial charge is 0.321 e. The second kappa shape index (κ2) is 6.86. The summed E-state index contributed by atoms with van der Waals surface area (Å²) in [6, 6.07) is 14.4. The van der Waals surface area contributed by atoms with Crippen molar-refractivity contribution in [3.05, 3.63) is 80.0 Å². The lowest BCUT2D eigenvalue weighted by molar-refractivity contribution is -0.385. The number of nitrogens with one attached hydrogen (secondary N) is 1. The zero-order valence-corrected chi connectivity index (χ0v) is 14.6. The third-order valence-electron chi connectivity index (χ3n) is 4.03. The molecule has 25 heavy (non-hydrogen) atoms. The number of carbonyl (C=O) groups excluding carboxylic acids is 1. The van der Waals surface area contributed by atoms with Gasteiger partial charge in [0.15, 0.2) is 0 Å². The first-order valence-electron chi connectivity index (χ1n) is 7.68. The van der Waals surface area contributed by atoms with Crippen molar-refractivity contribution in [1.29, 1.82) is 0 Å². The van der Waals surface area contributed by atoms with Crippen molar-refractivity contribution in [3.63, 3.8) is 0 Å². The fourth-order valence-corrected chi connectivity index (χ4v) is 3.60. The highest BCUT2D eigenvalue weighted by atomic mass is 32.1. The lowest BCUT2D eigenvalue weighted by atomic mass is 10.0. The molecule has 0 saturated heterocycles. The summed E-state index contributed by atoms with van der Waals surface area (Å²) in [5.74, 6) is -0.271. The van der Waals surface area contributed by atoms with Gasteiger partial charge in [-0.25, -0.2) is 0 Å². The van der Waals surface area contributed by atoms with Crippen molar-refractivity contribution < 1.29 is 9.72 Å². The van der Waals surface area contributed by atoms with E-state index in [0.29, 0.717) is 16.8 Å². The van der Waals surface area contributed by atoms with E-state index >= 15 is 0 Å². The van der Waals surface area contributed by atoms with Gasteiger partial charge < -0.3 is 5.32 Å². The van der Waals surface area contributed by atoms with Crippen LogP contribution in [0.3, 0.4) is 0 Å². The number of hydrogen-bond acceptors (Lipinski definition) is 4. The molecule has 5 nitrogen and oxygen atoms in total. The first-order chi connectivity index (χ1) is 12.0. The minimum Gasteiger partial charge on any atom is -0.321 e. The average molecular weight is 352 g/mol. The van der Waals surface area contributed by atoms with Crippen LogP contribution >= 0.6 is 11.3 Å². The number of amides is 1. The van der Waals surface area contributed by atoms with Crippen molar-refractivity contribution >= 4 is 28.6 Å². The first kappa shape index (κ1) is 16.9. The number of nitro benzene ring substituents is 1. The molecule has 3 aromatic rings. The second-order valence-corrected chi connectivity index (χ2v) is 6.69. The molecule has 3 rings (SSSR count). The number of thiophene rings is 1. The van der Waals surface area contributed by atoms with Crippen LogP contribution in [-0.2, 0) is 0 Å². The molecule has 0 bridgehead atoms. The van der Waals surface area contributed by atoms with Crippen molar-refractivity contribution in [2.45, 2.75) is 13.8 Å². The molecule has 1 heterocycles. The zero-order chi connectivity index (χ0) is 18.0. The normalized spacial score (nSPS) is 10.5. The van der Waals surface area contributed by atoms with Gasteiger partial charge in [-0.15, -0.1) is 11.3 Å². The van der Waals surface area contributed by atoms with Gasteiger partial charge in [-0.3, -0.25) is 14.9 Å². The molecule has 1 aromatic heterocycles. The van der Waals surface area contributed by atoms with Crippen molar-refractivity contribution in [2.24, 2.45) is 0 Å². The summed E-state index contributed by atoms with van der Waals surface area (Å²) in [5.41, 5.74) is 3.31. The lowest BCUT2D eigenvalue weighted by Crippen LogP contribution is -2.13. The number of carbonyl (C=O) groups is 1. The van der Waals surface area contributed by atoms with E-state index in [9.17, 15) is 14.9 Å². The third kappa shape index (κ3) is 3.29. The summed E-state index contributed by atoms with van der Waals surface area (Å²) in [6.45, 7) is 3.60. The number of nitrogens with zero attached hydrogens (tertiary/aromatic N) is 1. The van der Waals surface area contributed by atoms with Crippen LogP contribution in [0, 0.1) is 24.0 Å². The second-order valence-electron chi connectivity index (χ2n) is 5.61. The molecule has 2 aromatic carbocycles. The Kier molecular flexibility index (Phi) is 4.63. The molecule has 0 spiro atoms. The number of rotatable bonds is 4. The minimum absolute atomic E-state index is 0.0115. The van der Waals surface area contributed by atoms with E-state index in [-0.39, 0.29) is 11.6 Å². The molecule has 6 heteroatoms. The van der Waals surface area contributed by atoms with Gasteiger partial charge in [-0.05, 0) is 25.5 Å². The van der Waals surface area contributed by atoms with Crippen molar-refractivity contribution in [1.82, 2.24) is 0 Å². The molecule has 1 amide bonds. The Balaban J connectivity index is 1.97. The van der Waals surface area contributed by atoms with Gasteiger partial charge in [0.1, 0.15) is 0 Å². The standard InChI is InChI=1S/C19H16N2O3S/c1-12-16(9-6-10-17(12)21(23)24)20-19(22)15-11-25-13(2)18(15)14-7-4-3-5-8-14/h3-11H,1-2H3,(H,20,22). The van der Waals surface area contributed by atoms with Crippen LogP contribution in [0.5, 0.6) is 0 Å². The number of benzene rings is 2. The Morgan fingerprint density at radius 1 is 1.08 bits per heavy atom. The van der Waals surface area contributed by atoms with Crippen LogP contribution in [0.25, 0.3) is 11.1 Å². The molecular formula is C19H16N2O3S. The molecule has 0 radical (unpaired) electrons. The maximum absolute atomic E-state index is 12.8. The summed E-state index contributed by atoms with van der Waals surface area (Å²) in [5, 5.41) is 15.7. The van der Waals surface area contributed by atoms with E-state index in [2.05, 4.69) is 5.32 Å². The van der Waals surface area contributed by atoms with E-state index in [1.54, 1.807) is 19.1 Å². The van der Waals surface area contributed by atoms with Crippen LogP contribution in [-0.4, -0.2) is 10.8 Å². The Hall–Kier alpha value is -2.99. The molecule has 1 N–H and O–H groups in total. The number of aryl methyl sites for hydroxylation is 1. The Labute approximate surface area is 149 Å². The summed E-state index contributed by atoms with van der Waals surface area (Å²) >= 11 is 1.51. The number of nitro groups is 1. The fourth-order valence-electron chi connectivity index (χ4n) is 2.73. The van der Waals surface area contributed by atoms with Gasteiger partial charge >= 0.3 is 0 Å². The monoisotopic (exact) mass is 352 g/mol. The van der Waals surface area contributed by atoms with E-state index in [4.69, 9.17) is 0 Å². The molecule has 0 aliphatic rings. The summed E-state index contributed by atoms with van der Waals surface area (Å²) < 4.78 is 0. The molecule has 0 fully saturated rings. The highest BCUT2D eigenvalue weighted by Crippen LogP contribution is 2.33. The first-order valence-corrected chi connectivity index (χ1v) is 8.56. The van der Waals surface area contributed by atoms with Gasteiger partial charge in [-0.1, -0.05) is 36.4 Å². The highest BCUT2D eigenvalue weighted by molar-refractivity contribution is 7.10. The Morgan fingerprint density at radius 3 is 2.48 bits per heavy atom. The van der Waals surface area contributed by atoms with Crippen LogP contribution in [0.1, 0.15) is 20.8 Å². The molecule has 0 atom stereocenters. The molecule has 126 valence electrons. The molecular weight excluding hydrogens is 336 g/mol. The Bertz CT molecular complexity index is 949. The molecule has 0 unspecified atom stereocenters. The quantitative estimate of drug-likeness (QED) is 0.518. The zero-order valence-electron chi connectivity index (χ0n) is 13.8. The minimum atomic E-state index is -0.449. The highest BCUT2D eigenvalue weighted by Gasteiger charge is 2.20. The summed E-state index contributed by atoms with van der Waals surface area (Å²) in [7, 11) is 0. The smallest absolute Gasteiger partial charge is 0.274 e. The van der Waals surface area contributed by atoms with Gasteiger partial charge in [0.05, 0.1) is 21.7 Å². The average Bonchev–Trinajstić information content (AvgIpc) is 2.99. The summed E-state index contributed by atoms with van der Waals surface area (Å²) in [6.07, 6.45) is 0. The third-order valence-corrected chi connectivity index (χ3v) is 4.94. The van der Waals surface area contributed by atoms with E-state index < -0.39 is 4.92 Å². The van der Waals surface area contributed by atoms with Crippen LogP contribution in [0.15, 0.2) is 53.9 Å². The number of hydrogen-bond donors (Lipinski definition) is 1. The maximum atomic E-state index is 12.8. The SMILES string of the molecule is Cc1scc(C(=O)Nc2cccc([N+](=O)[O-])c2C)c1-c1ccccc1. The van der Waals surface area contributed by atoms with Crippen LogP contribution < -0.4 is 5.32 Å². The lowest BCUT2D eigenvalue weighted by Gasteiger charge is -2.10. The number of anilines is 1.